The summed E-state index contributed by atoms with van der Waals surface area (Å²) in [6.07, 6.45) is 3.53. The summed E-state index contributed by atoms with van der Waals surface area (Å²) in [5.41, 5.74) is 0.395. The van der Waals surface area contributed by atoms with Crippen LogP contribution >= 0.6 is 0 Å². The van der Waals surface area contributed by atoms with Crippen LogP contribution in [0.2, 0.25) is 0 Å². The standard InChI is InChI=1S/C20H28N4O4/c1-13-6-7-21-11-16(13)23-19(25)5-4-8-24-12-22-15-10-18(28-3)17(27-2)9-14(15)20(24)26/h9-10,12-13,16,21H,4-8,11H2,1-3H3,(H,23,25). The minimum absolute atomic E-state index is 0.0220. The topological polar surface area (TPSA) is 94.5 Å². The van der Waals surface area contributed by atoms with E-state index < -0.39 is 0 Å². The molecule has 152 valence electrons. The number of aryl methyl sites for hydroxylation is 1. The van der Waals surface area contributed by atoms with Crippen molar-refractivity contribution in [2.75, 3.05) is 27.3 Å². The molecule has 1 amide bonds. The first-order valence-electron chi connectivity index (χ1n) is 9.64. The molecule has 2 heterocycles. The van der Waals surface area contributed by atoms with Gasteiger partial charge in [-0.05, 0) is 31.4 Å². The molecule has 2 unspecified atom stereocenters. The molecule has 0 saturated carbocycles. The second kappa shape index (κ2) is 9.05. The summed E-state index contributed by atoms with van der Waals surface area (Å²) >= 11 is 0. The third-order valence-electron chi connectivity index (χ3n) is 5.31. The number of amides is 1. The fraction of sp³-hybridized carbons (Fsp3) is 0.550. The van der Waals surface area contributed by atoms with Crippen LogP contribution in [0.1, 0.15) is 26.2 Å². The second-order valence-electron chi connectivity index (χ2n) is 7.22. The number of hydrogen-bond acceptors (Lipinski definition) is 6. The van der Waals surface area contributed by atoms with Crippen LogP contribution < -0.4 is 25.7 Å². The molecule has 2 N–H and O–H groups in total. The lowest BCUT2D eigenvalue weighted by Crippen LogP contribution is -2.50. The van der Waals surface area contributed by atoms with Crippen molar-refractivity contribution in [1.29, 1.82) is 0 Å². The lowest BCUT2D eigenvalue weighted by molar-refractivity contribution is -0.122. The van der Waals surface area contributed by atoms with Gasteiger partial charge in [-0.1, -0.05) is 6.92 Å². The number of piperidine rings is 1. The van der Waals surface area contributed by atoms with Crippen LogP contribution in [-0.4, -0.2) is 48.8 Å². The highest BCUT2D eigenvalue weighted by molar-refractivity contribution is 5.81. The van der Waals surface area contributed by atoms with Crippen molar-refractivity contribution in [3.05, 3.63) is 28.8 Å². The number of nitrogens with zero attached hydrogens (tertiary/aromatic N) is 2. The van der Waals surface area contributed by atoms with Crippen LogP contribution in [0, 0.1) is 5.92 Å². The van der Waals surface area contributed by atoms with Crippen molar-refractivity contribution in [3.63, 3.8) is 0 Å². The molecule has 3 rings (SSSR count). The zero-order valence-corrected chi connectivity index (χ0v) is 16.7. The van der Waals surface area contributed by atoms with Crippen LogP contribution in [0.25, 0.3) is 10.9 Å². The number of hydrogen-bond donors (Lipinski definition) is 2. The molecule has 1 aromatic heterocycles. The SMILES string of the molecule is COc1cc2ncn(CCCC(=O)NC3CNCCC3C)c(=O)c2cc1OC. The zero-order chi connectivity index (χ0) is 20.1. The Bertz CT molecular complexity index is 896. The number of carbonyl (C=O) groups is 1. The summed E-state index contributed by atoms with van der Waals surface area (Å²) in [5, 5.41) is 6.86. The molecule has 1 fully saturated rings. The van der Waals surface area contributed by atoms with Crippen LogP contribution in [-0.2, 0) is 11.3 Å². The van der Waals surface area contributed by atoms with Crippen molar-refractivity contribution >= 4 is 16.8 Å². The van der Waals surface area contributed by atoms with E-state index in [1.807, 2.05) is 0 Å². The molecule has 0 bridgehead atoms. The lowest BCUT2D eigenvalue weighted by atomic mass is 9.95. The van der Waals surface area contributed by atoms with Gasteiger partial charge in [-0.25, -0.2) is 4.98 Å². The van der Waals surface area contributed by atoms with Gasteiger partial charge in [0.25, 0.3) is 5.56 Å². The van der Waals surface area contributed by atoms with Gasteiger partial charge in [0.1, 0.15) is 0 Å². The van der Waals surface area contributed by atoms with Gasteiger partial charge >= 0.3 is 0 Å². The Morgan fingerprint density at radius 1 is 1.32 bits per heavy atom. The van der Waals surface area contributed by atoms with Crippen molar-refractivity contribution in [3.8, 4) is 11.5 Å². The molecule has 8 nitrogen and oxygen atoms in total. The second-order valence-corrected chi connectivity index (χ2v) is 7.22. The Morgan fingerprint density at radius 3 is 2.79 bits per heavy atom. The number of ether oxygens (including phenoxy) is 2. The molecule has 1 saturated heterocycles. The molecule has 28 heavy (non-hydrogen) atoms. The van der Waals surface area contributed by atoms with E-state index in [1.54, 1.807) is 19.2 Å². The summed E-state index contributed by atoms with van der Waals surface area (Å²) in [4.78, 5) is 29.3. The average molecular weight is 388 g/mol. The average Bonchev–Trinajstić information content (AvgIpc) is 2.70. The maximum Gasteiger partial charge on any atom is 0.261 e. The van der Waals surface area contributed by atoms with Gasteiger partial charge in [-0.2, -0.15) is 0 Å². The molecule has 0 aliphatic carbocycles. The first kappa shape index (κ1) is 20.1. The predicted octanol–water partition coefficient (Wildman–Crippen LogP) is 1.31. The van der Waals surface area contributed by atoms with E-state index in [0.717, 1.165) is 19.5 Å². The third-order valence-corrected chi connectivity index (χ3v) is 5.31. The minimum Gasteiger partial charge on any atom is -0.493 e. The van der Waals surface area contributed by atoms with Crippen LogP contribution in [0.3, 0.4) is 0 Å². The fourth-order valence-corrected chi connectivity index (χ4v) is 3.52. The first-order valence-corrected chi connectivity index (χ1v) is 9.64. The van der Waals surface area contributed by atoms with Gasteiger partial charge in [0.05, 0.1) is 31.4 Å². The van der Waals surface area contributed by atoms with Crippen LogP contribution in [0.5, 0.6) is 11.5 Å². The number of methoxy groups -OCH3 is 2. The zero-order valence-electron chi connectivity index (χ0n) is 16.7. The fourth-order valence-electron chi connectivity index (χ4n) is 3.52. The highest BCUT2D eigenvalue weighted by Crippen LogP contribution is 2.29. The quantitative estimate of drug-likeness (QED) is 0.743. The van der Waals surface area contributed by atoms with Gasteiger partial charge in [-0.15, -0.1) is 0 Å². The Labute approximate surface area is 164 Å². The molecule has 1 aliphatic heterocycles. The largest absolute Gasteiger partial charge is 0.493 e. The highest BCUT2D eigenvalue weighted by Gasteiger charge is 2.22. The van der Waals surface area contributed by atoms with Crippen LogP contribution in [0.4, 0.5) is 0 Å². The summed E-state index contributed by atoms with van der Waals surface area (Å²) < 4.78 is 12.1. The monoisotopic (exact) mass is 388 g/mol. The molecule has 1 aliphatic rings. The van der Waals surface area contributed by atoms with Gasteiger partial charge < -0.3 is 20.1 Å². The lowest BCUT2D eigenvalue weighted by Gasteiger charge is -2.30. The Kier molecular flexibility index (Phi) is 6.51. The van der Waals surface area contributed by atoms with Gasteiger partial charge in [0.2, 0.25) is 5.91 Å². The third kappa shape index (κ3) is 4.44. The Morgan fingerprint density at radius 2 is 2.07 bits per heavy atom. The number of carbonyl (C=O) groups excluding carboxylic acids is 1. The minimum atomic E-state index is -0.156. The van der Waals surface area contributed by atoms with Crippen molar-refractivity contribution in [2.24, 2.45) is 5.92 Å². The van der Waals surface area contributed by atoms with E-state index in [2.05, 4.69) is 22.5 Å². The summed E-state index contributed by atoms with van der Waals surface area (Å²) in [6.45, 7) is 4.41. The molecule has 0 radical (unpaired) electrons. The normalized spacial score (nSPS) is 19.4. The number of rotatable bonds is 7. The molecule has 2 aromatic rings. The summed E-state index contributed by atoms with van der Waals surface area (Å²) in [6, 6.07) is 3.51. The Hall–Kier alpha value is -2.61. The van der Waals surface area contributed by atoms with E-state index in [1.165, 1.54) is 18.0 Å². The van der Waals surface area contributed by atoms with Crippen molar-refractivity contribution in [2.45, 2.75) is 38.8 Å². The van der Waals surface area contributed by atoms with Crippen LogP contribution in [0.15, 0.2) is 23.3 Å². The maximum atomic E-state index is 12.7. The smallest absolute Gasteiger partial charge is 0.261 e. The van der Waals surface area contributed by atoms with Crippen molar-refractivity contribution < 1.29 is 14.3 Å². The van der Waals surface area contributed by atoms with E-state index >= 15 is 0 Å². The molecular formula is C20H28N4O4. The first-order chi connectivity index (χ1) is 13.5. The van der Waals surface area contributed by atoms with Gasteiger partial charge in [0.15, 0.2) is 11.5 Å². The van der Waals surface area contributed by atoms with E-state index in [-0.39, 0.29) is 17.5 Å². The number of benzene rings is 1. The summed E-state index contributed by atoms with van der Waals surface area (Å²) in [5.74, 6) is 1.52. The highest BCUT2D eigenvalue weighted by atomic mass is 16.5. The van der Waals surface area contributed by atoms with Crippen molar-refractivity contribution in [1.82, 2.24) is 20.2 Å². The number of aromatic nitrogens is 2. The van der Waals surface area contributed by atoms with Gasteiger partial charge in [0, 0.05) is 31.6 Å². The molecular weight excluding hydrogens is 360 g/mol. The Balaban J connectivity index is 1.63. The molecule has 8 heteroatoms. The molecule has 2 atom stereocenters. The van der Waals surface area contributed by atoms with E-state index in [0.29, 0.717) is 47.7 Å². The predicted molar refractivity (Wildman–Crippen MR) is 107 cm³/mol. The maximum absolute atomic E-state index is 12.7. The number of nitrogens with one attached hydrogen (secondary N) is 2. The van der Waals surface area contributed by atoms with E-state index in [9.17, 15) is 9.59 Å². The van der Waals surface area contributed by atoms with E-state index in [4.69, 9.17) is 9.47 Å². The summed E-state index contributed by atoms with van der Waals surface area (Å²) in [7, 11) is 3.07. The molecule has 0 spiro atoms. The number of fused-ring (bicyclic) bond motifs is 1. The van der Waals surface area contributed by atoms with Gasteiger partial charge in [-0.3, -0.25) is 14.2 Å². The molecule has 1 aromatic carbocycles.